The fourth-order valence-electron chi connectivity index (χ4n) is 10.6. The van der Waals surface area contributed by atoms with Crippen molar-refractivity contribution in [1.29, 1.82) is 0 Å². The summed E-state index contributed by atoms with van der Waals surface area (Å²) < 4.78 is 0. The zero-order valence-electron chi connectivity index (χ0n) is 32.9. The van der Waals surface area contributed by atoms with Crippen molar-refractivity contribution in [3.05, 3.63) is 243 Å². The Hall–Kier alpha value is -6.85. The SMILES string of the molecule is C=CCc1cc(-c2ccc3c(c2)-c2ccccc2[Si]3(c2ccccc2)c2ccccc2)cc(-c2ccc3c(c2)-c2ccccc2[Si]3(c2ccccc2)c2ccccc2)c1. The Morgan fingerprint density at radius 2 is 0.644 bits per heavy atom. The monoisotopic (exact) mass is 782 g/mol. The smallest absolute Gasteiger partial charge is 0.103 e. The highest BCUT2D eigenvalue weighted by atomic mass is 28.3. The van der Waals surface area contributed by atoms with E-state index in [1.54, 1.807) is 0 Å². The fourth-order valence-corrected chi connectivity index (χ4v) is 20.9. The van der Waals surface area contributed by atoms with Gasteiger partial charge >= 0.3 is 0 Å². The molecule has 2 aliphatic heterocycles. The predicted octanol–water partition coefficient (Wildman–Crippen LogP) is 8.46. The summed E-state index contributed by atoms with van der Waals surface area (Å²) >= 11 is 0. The van der Waals surface area contributed by atoms with Gasteiger partial charge in [0.1, 0.15) is 0 Å². The summed E-state index contributed by atoms with van der Waals surface area (Å²) in [4.78, 5) is 0. The van der Waals surface area contributed by atoms with Gasteiger partial charge in [0.05, 0.1) is 0 Å². The van der Waals surface area contributed by atoms with Crippen LogP contribution in [0.3, 0.4) is 0 Å². The van der Waals surface area contributed by atoms with Crippen molar-refractivity contribution in [1.82, 2.24) is 0 Å². The molecule has 11 rings (SSSR count). The van der Waals surface area contributed by atoms with E-state index in [0.29, 0.717) is 0 Å². The first-order valence-corrected chi connectivity index (χ1v) is 24.7. The van der Waals surface area contributed by atoms with Gasteiger partial charge in [-0.25, -0.2) is 0 Å². The number of rotatable bonds is 8. The molecule has 0 aliphatic carbocycles. The number of allylic oxidation sites excluding steroid dienone is 1. The molecular weight excluding hydrogens is 741 g/mol. The maximum atomic E-state index is 4.16. The van der Waals surface area contributed by atoms with Crippen LogP contribution in [-0.2, 0) is 6.42 Å². The van der Waals surface area contributed by atoms with E-state index in [1.165, 1.54) is 91.6 Å². The van der Waals surface area contributed by atoms with Crippen molar-refractivity contribution in [2.75, 3.05) is 0 Å². The van der Waals surface area contributed by atoms with Gasteiger partial charge in [0, 0.05) is 0 Å². The lowest BCUT2D eigenvalue weighted by Gasteiger charge is -2.31. The highest BCUT2D eigenvalue weighted by molar-refractivity contribution is 7.23. The summed E-state index contributed by atoms with van der Waals surface area (Å²) in [6.07, 6.45) is 2.83. The van der Waals surface area contributed by atoms with Gasteiger partial charge in [-0.3, -0.25) is 0 Å². The van der Waals surface area contributed by atoms with Crippen molar-refractivity contribution in [2.24, 2.45) is 0 Å². The van der Waals surface area contributed by atoms with Crippen molar-refractivity contribution >= 4 is 57.6 Å². The van der Waals surface area contributed by atoms with Crippen molar-refractivity contribution in [3.63, 3.8) is 0 Å². The lowest BCUT2D eigenvalue weighted by molar-refractivity contribution is 1.28. The first-order chi connectivity index (χ1) is 29.2. The Morgan fingerprint density at radius 1 is 0.305 bits per heavy atom. The second-order valence-corrected chi connectivity index (χ2v) is 23.5. The molecule has 2 heterocycles. The lowest BCUT2D eigenvalue weighted by atomic mass is 9.92. The Labute approximate surface area is 349 Å². The summed E-state index contributed by atoms with van der Waals surface area (Å²) in [6.45, 7) is 4.16. The molecule has 0 spiro atoms. The van der Waals surface area contributed by atoms with Crippen LogP contribution in [0.15, 0.2) is 237 Å². The van der Waals surface area contributed by atoms with Gasteiger partial charge in [0.2, 0.25) is 0 Å². The molecule has 0 bridgehead atoms. The lowest BCUT2D eigenvalue weighted by Crippen LogP contribution is -2.72. The third kappa shape index (κ3) is 5.34. The predicted molar refractivity (Wildman–Crippen MR) is 256 cm³/mol. The summed E-state index contributed by atoms with van der Waals surface area (Å²) in [5.41, 5.74) is 11.6. The molecule has 0 amide bonds. The zero-order chi connectivity index (χ0) is 39.4. The van der Waals surface area contributed by atoms with Crippen molar-refractivity contribution < 1.29 is 0 Å². The minimum absolute atomic E-state index is 0.804. The molecule has 2 aliphatic rings. The molecule has 0 aromatic heterocycles. The first kappa shape index (κ1) is 35.3. The minimum atomic E-state index is -2.55. The van der Waals surface area contributed by atoms with E-state index < -0.39 is 16.1 Å². The van der Waals surface area contributed by atoms with Gasteiger partial charge in [0.15, 0.2) is 16.1 Å². The van der Waals surface area contributed by atoms with Gasteiger partial charge in [0.25, 0.3) is 0 Å². The molecular formula is C57H42Si2. The van der Waals surface area contributed by atoms with E-state index in [2.05, 4.69) is 231 Å². The number of hydrogen-bond acceptors (Lipinski definition) is 0. The van der Waals surface area contributed by atoms with Crippen molar-refractivity contribution in [2.45, 2.75) is 6.42 Å². The normalized spacial score (nSPS) is 13.8. The summed E-state index contributed by atoms with van der Waals surface area (Å²) in [5, 5.41) is 11.5. The van der Waals surface area contributed by atoms with Crippen LogP contribution in [0, 0.1) is 0 Å². The van der Waals surface area contributed by atoms with E-state index in [1.807, 2.05) is 6.08 Å². The largest absolute Gasteiger partial charge is 0.180 e. The molecule has 0 saturated carbocycles. The third-order valence-electron chi connectivity index (χ3n) is 13.0. The van der Waals surface area contributed by atoms with Crippen LogP contribution in [0.2, 0.25) is 0 Å². The Balaban J connectivity index is 1.09. The molecule has 9 aromatic rings. The molecule has 0 nitrogen and oxygen atoms in total. The average Bonchev–Trinajstić information content (AvgIpc) is 3.78. The van der Waals surface area contributed by atoms with Gasteiger partial charge in [-0.15, -0.1) is 6.58 Å². The maximum Gasteiger partial charge on any atom is 0.180 e. The number of benzene rings is 9. The molecule has 0 saturated heterocycles. The van der Waals surface area contributed by atoms with Crippen LogP contribution in [0.4, 0.5) is 0 Å². The van der Waals surface area contributed by atoms with Crippen LogP contribution < -0.4 is 41.5 Å². The zero-order valence-corrected chi connectivity index (χ0v) is 34.9. The van der Waals surface area contributed by atoms with Crippen molar-refractivity contribution in [3.8, 4) is 44.5 Å². The first-order valence-electron chi connectivity index (χ1n) is 20.7. The van der Waals surface area contributed by atoms with Gasteiger partial charge < -0.3 is 0 Å². The molecule has 0 fully saturated rings. The van der Waals surface area contributed by atoms with E-state index in [4.69, 9.17) is 0 Å². The fraction of sp³-hybridized carbons (Fsp3) is 0.0175. The molecule has 9 aromatic carbocycles. The van der Waals surface area contributed by atoms with Gasteiger partial charge in [-0.05, 0) is 116 Å². The Bertz CT molecular complexity index is 2740. The molecule has 0 atom stereocenters. The van der Waals surface area contributed by atoms with Crippen LogP contribution in [0.1, 0.15) is 5.56 Å². The molecule has 0 radical (unpaired) electrons. The molecule has 278 valence electrons. The third-order valence-corrected chi connectivity index (χ3v) is 22.7. The summed E-state index contributed by atoms with van der Waals surface area (Å²) in [6, 6.07) is 85.2. The maximum absolute atomic E-state index is 4.16. The standard InChI is InChI=1S/C57H42Si2/c1-2-19-41-36-44(42-32-34-56-52(39-42)50-28-15-17-30-54(50)58(56,46-20-7-3-8-21-46)47-22-9-4-10-23-47)38-45(37-41)43-33-35-57-53(40-43)51-29-16-18-31-55(51)59(57,48-24-11-5-12-25-48)49-26-13-6-14-27-49/h2-18,20-40H,1,19H2. The second kappa shape index (κ2) is 14.2. The van der Waals surface area contributed by atoms with E-state index in [0.717, 1.165) is 6.42 Å². The highest BCUT2D eigenvalue weighted by Gasteiger charge is 2.49. The van der Waals surface area contributed by atoms with Crippen LogP contribution >= 0.6 is 0 Å². The minimum Gasteiger partial charge on any atom is -0.103 e. The Kier molecular flexibility index (Phi) is 8.51. The molecule has 0 N–H and O–H groups in total. The summed E-state index contributed by atoms with van der Waals surface area (Å²) in [7, 11) is -5.09. The molecule has 0 unspecified atom stereocenters. The summed E-state index contributed by atoms with van der Waals surface area (Å²) in [5.74, 6) is 0. The van der Waals surface area contributed by atoms with Gasteiger partial charge in [-0.2, -0.15) is 0 Å². The van der Waals surface area contributed by atoms with Crippen LogP contribution in [0.25, 0.3) is 44.5 Å². The van der Waals surface area contributed by atoms with Crippen LogP contribution in [0.5, 0.6) is 0 Å². The van der Waals surface area contributed by atoms with E-state index >= 15 is 0 Å². The second-order valence-electron chi connectivity index (χ2n) is 16.0. The van der Waals surface area contributed by atoms with E-state index in [9.17, 15) is 0 Å². The number of fused-ring (bicyclic) bond motifs is 6. The molecule has 59 heavy (non-hydrogen) atoms. The molecule has 2 heteroatoms. The average molecular weight is 783 g/mol. The topological polar surface area (TPSA) is 0 Å². The number of hydrogen-bond donors (Lipinski definition) is 0. The quantitative estimate of drug-likeness (QED) is 0.107. The Morgan fingerprint density at radius 3 is 1.02 bits per heavy atom. The highest BCUT2D eigenvalue weighted by Crippen LogP contribution is 2.37. The van der Waals surface area contributed by atoms with E-state index in [-0.39, 0.29) is 0 Å². The van der Waals surface area contributed by atoms with Gasteiger partial charge in [-0.1, -0.05) is 212 Å². The van der Waals surface area contributed by atoms with Crippen LogP contribution in [-0.4, -0.2) is 16.1 Å².